The van der Waals surface area contributed by atoms with Crippen LogP contribution in [0.15, 0.2) is 66.9 Å². The number of aromatic amines is 1. The van der Waals surface area contributed by atoms with E-state index in [1.165, 1.54) is 0 Å². The van der Waals surface area contributed by atoms with E-state index in [9.17, 15) is 4.79 Å². The zero-order valence-corrected chi connectivity index (χ0v) is 16.9. The van der Waals surface area contributed by atoms with Crippen LogP contribution in [0.2, 0.25) is 5.02 Å². The number of hydrogen-bond donors (Lipinski definition) is 1. The topological polar surface area (TPSA) is 66.8 Å². The fourth-order valence-corrected chi connectivity index (χ4v) is 3.27. The van der Waals surface area contributed by atoms with Gasteiger partial charge in [-0.2, -0.15) is 10.2 Å². The normalized spacial score (nSPS) is 10.9. The molecule has 0 aliphatic carbocycles. The largest absolute Gasteiger partial charge is 0.336 e. The molecule has 0 spiro atoms. The first-order valence-corrected chi connectivity index (χ1v) is 9.56. The summed E-state index contributed by atoms with van der Waals surface area (Å²) < 4.78 is 1.83. The Balaban J connectivity index is 1.69. The second-order valence-electron chi connectivity index (χ2n) is 6.89. The van der Waals surface area contributed by atoms with Crippen molar-refractivity contribution in [3.63, 3.8) is 0 Å². The standard InChI is InChI=1S/C22H20ClN5O/c1-15-12-20(25-24-15)22(29)27(2)13-17-14-28(19-6-4-3-5-7-19)26-21(17)16-8-10-18(23)11-9-16/h3-12,14H,13H2,1-2H3,(H,24,25). The quantitative estimate of drug-likeness (QED) is 0.531. The number of aryl methyl sites for hydroxylation is 1. The number of aromatic nitrogens is 4. The lowest BCUT2D eigenvalue weighted by atomic mass is 10.1. The van der Waals surface area contributed by atoms with Gasteiger partial charge in [-0.15, -0.1) is 0 Å². The van der Waals surface area contributed by atoms with Crippen molar-refractivity contribution < 1.29 is 4.79 Å². The Bertz CT molecular complexity index is 1130. The first kappa shape index (κ1) is 19.0. The third-order valence-corrected chi connectivity index (χ3v) is 4.86. The highest BCUT2D eigenvalue weighted by Crippen LogP contribution is 2.26. The van der Waals surface area contributed by atoms with Crippen molar-refractivity contribution in [2.75, 3.05) is 7.05 Å². The van der Waals surface area contributed by atoms with Crippen molar-refractivity contribution in [2.24, 2.45) is 0 Å². The van der Waals surface area contributed by atoms with E-state index in [2.05, 4.69) is 10.2 Å². The third-order valence-electron chi connectivity index (χ3n) is 4.61. The Morgan fingerprint density at radius 1 is 1.14 bits per heavy atom. The maximum Gasteiger partial charge on any atom is 0.274 e. The molecule has 0 saturated heterocycles. The Morgan fingerprint density at radius 3 is 2.52 bits per heavy atom. The van der Waals surface area contributed by atoms with Crippen LogP contribution in [0, 0.1) is 6.92 Å². The maximum atomic E-state index is 12.7. The number of carbonyl (C=O) groups excluding carboxylic acids is 1. The van der Waals surface area contributed by atoms with Crippen molar-refractivity contribution >= 4 is 17.5 Å². The van der Waals surface area contributed by atoms with Crippen molar-refractivity contribution in [3.8, 4) is 16.9 Å². The number of rotatable bonds is 5. The fourth-order valence-electron chi connectivity index (χ4n) is 3.14. The second-order valence-corrected chi connectivity index (χ2v) is 7.32. The fraction of sp³-hybridized carbons (Fsp3) is 0.136. The molecular formula is C22H20ClN5O. The molecule has 2 aromatic carbocycles. The predicted octanol–water partition coefficient (Wildman–Crippen LogP) is 4.50. The van der Waals surface area contributed by atoms with Crippen LogP contribution in [0.4, 0.5) is 0 Å². The van der Waals surface area contributed by atoms with E-state index in [-0.39, 0.29) is 5.91 Å². The predicted molar refractivity (Wildman–Crippen MR) is 113 cm³/mol. The summed E-state index contributed by atoms with van der Waals surface area (Å²) in [5.41, 5.74) is 4.87. The number of nitrogens with zero attached hydrogens (tertiary/aromatic N) is 4. The van der Waals surface area contributed by atoms with E-state index in [0.29, 0.717) is 17.3 Å². The van der Waals surface area contributed by atoms with Crippen LogP contribution in [-0.2, 0) is 6.54 Å². The van der Waals surface area contributed by atoms with Crippen LogP contribution in [0.25, 0.3) is 16.9 Å². The van der Waals surface area contributed by atoms with Crippen LogP contribution < -0.4 is 0 Å². The number of amides is 1. The highest BCUT2D eigenvalue weighted by Gasteiger charge is 2.19. The molecule has 1 amide bonds. The minimum atomic E-state index is -0.149. The first-order chi connectivity index (χ1) is 14.0. The number of para-hydroxylation sites is 1. The first-order valence-electron chi connectivity index (χ1n) is 9.18. The highest BCUT2D eigenvalue weighted by molar-refractivity contribution is 6.30. The van der Waals surface area contributed by atoms with Gasteiger partial charge in [0.1, 0.15) is 5.69 Å². The summed E-state index contributed by atoms with van der Waals surface area (Å²) in [5.74, 6) is -0.149. The minimum absolute atomic E-state index is 0.149. The molecule has 146 valence electrons. The third kappa shape index (κ3) is 4.07. The molecule has 4 aromatic rings. The number of hydrogen-bond acceptors (Lipinski definition) is 3. The Labute approximate surface area is 173 Å². The van der Waals surface area contributed by atoms with Crippen LogP contribution >= 0.6 is 11.6 Å². The average molecular weight is 406 g/mol. The summed E-state index contributed by atoms with van der Waals surface area (Å²) in [5, 5.41) is 12.3. The Hall–Kier alpha value is -3.38. The van der Waals surface area contributed by atoms with Gasteiger partial charge in [0, 0.05) is 41.6 Å². The van der Waals surface area contributed by atoms with Crippen LogP contribution in [0.5, 0.6) is 0 Å². The van der Waals surface area contributed by atoms with E-state index in [1.807, 2.05) is 72.4 Å². The zero-order valence-electron chi connectivity index (χ0n) is 16.1. The molecule has 2 heterocycles. The van der Waals surface area contributed by atoms with Crippen molar-refractivity contribution in [2.45, 2.75) is 13.5 Å². The smallest absolute Gasteiger partial charge is 0.274 e. The molecule has 1 N–H and O–H groups in total. The molecule has 0 radical (unpaired) electrons. The number of H-pyrrole nitrogens is 1. The summed E-state index contributed by atoms with van der Waals surface area (Å²) in [4.78, 5) is 14.4. The van der Waals surface area contributed by atoms with Crippen LogP contribution in [0.1, 0.15) is 21.7 Å². The number of nitrogens with one attached hydrogen (secondary N) is 1. The van der Waals surface area contributed by atoms with E-state index >= 15 is 0 Å². The van der Waals surface area contributed by atoms with Gasteiger partial charge in [-0.1, -0.05) is 41.9 Å². The summed E-state index contributed by atoms with van der Waals surface area (Å²) in [7, 11) is 1.76. The average Bonchev–Trinajstić information content (AvgIpc) is 3.35. The van der Waals surface area contributed by atoms with Crippen LogP contribution in [0.3, 0.4) is 0 Å². The Kier molecular flexibility index (Phi) is 5.18. The molecule has 0 unspecified atom stereocenters. The van der Waals surface area contributed by atoms with Gasteiger partial charge in [-0.3, -0.25) is 9.89 Å². The Morgan fingerprint density at radius 2 is 1.86 bits per heavy atom. The summed E-state index contributed by atoms with van der Waals surface area (Å²) in [6.45, 7) is 2.27. The van der Waals surface area contributed by atoms with Crippen molar-refractivity contribution in [1.82, 2.24) is 24.9 Å². The van der Waals surface area contributed by atoms with Gasteiger partial charge in [-0.05, 0) is 37.3 Å². The van der Waals surface area contributed by atoms with Crippen LogP contribution in [-0.4, -0.2) is 37.8 Å². The zero-order chi connectivity index (χ0) is 20.4. The lowest BCUT2D eigenvalue weighted by Crippen LogP contribution is -2.26. The molecule has 0 aliphatic heterocycles. The van der Waals surface area contributed by atoms with Crippen molar-refractivity contribution in [1.29, 1.82) is 0 Å². The van der Waals surface area contributed by atoms with Crippen molar-refractivity contribution in [3.05, 3.63) is 88.8 Å². The van der Waals surface area contributed by atoms with Gasteiger partial charge < -0.3 is 4.90 Å². The van der Waals surface area contributed by atoms with Gasteiger partial charge in [0.25, 0.3) is 5.91 Å². The van der Waals surface area contributed by atoms with Gasteiger partial charge in [0.2, 0.25) is 0 Å². The molecule has 0 fully saturated rings. The molecule has 4 rings (SSSR count). The molecule has 0 aliphatic rings. The van der Waals surface area contributed by atoms with E-state index < -0.39 is 0 Å². The monoisotopic (exact) mass is 405 g/mol. The van der Waals surface area contributed by atoms with Gasteiger partial charge in [0.05, 0.1) is 11.4 Å². The van der Waals surface area contributed by atoms with Gasteiger partial charge >= 0.3 is 0 Å². The molecule has 2 aromatic heterocycles. The van der Waals surface area contributed by atoms with E-state index in [1.54, 1.807) is 18.0 Å². The summed E-state index contributed by atoms with van der Waals surface area (Å²) >= 11 is 6.05. The SMILES string of the molecule is Cc1cc(C(=O)N(C)Cc2cn(-c3ccccc3)nc2-c2ccc(Cl)cc2)n[nH]1. The molecule has 0 bridgehead atoms. The minimum Gasteiger partial charge on any atom is -0.336 e. The van der Waals surface area contributed by atoms with Gasteiger partial charge in [-0.25, -0.2) is 4.68 Å². The maximum absolute atomic E-state index is 12.7. The van der Waals surface area contributed by atoms with E-state index in [4.69, 9.17) is 16.7 Å². The summed E-state index contributed by atoms with van der Waals surface area (Å²) in [6.07, 6.45) is 1.96. The summed E-state index contributed by atoms with van der Waals surface area (Å²) in [6, 6.07) is 19.2. The molecule has 0 atom stereocenters. The number of halogens is 1. The second kappa shape index (κ2) is 7.93. The highest BCUT2D eigenvalue weighted by atomic mass is 35.5. The lowest BCUT2D eigenvalue weighted by molar-refractivity contribution is 0.0779. The molecule has 7 heteroatoms. The molecule has 6 nitrogen and oxygen atoms in total. The number of benzene rings is 2. The van der Waals surface area contributed by atoms with Gasteiger partial charge in [0.15, 0.2) is 0 Å². The molecule has 29 heavy (non-hydrogen) atoms. The molecular weight excluding hydrogens is 386 g/mol. The van der Waals surface area contributed by atoms with E-state index in [0.717, 1.165) is 28.2 Å². The lowest BCUT2D eigenvalue weighted by Gasteiger charge is -2.15. The number of carbonyl (C=O) groups is 1. The molecule has 0 saturated carbocycles.